The van der Waals surface area contributed by atoms with Crippen LogP contribution < -0.4 is 0 Å². The maximum atomic E-state index is 0. The first kappa shape index (κ1) is 47.8. The van der Waals surface area contributed by atoms with E-state index in [0.717, 1.165) is 0 Å². The molecule has 0 aromatic heterocycles. The summed E-state index contributed by atoms with van der Waals surface area (Å²) in [6.07, 6.45) is 0. The smallest absolute Gasteiger partial charge is 1.00 e. The molecule has 0 aliphatic heterocycles. The Kier molecular flexibility index (Phi) is 288. The molecule has 0 unspecified atom stereocenters. The van der Waals surface area contributed by atoms with Crippen LogP contribution in [-0.4, -0.2) is 68.7 Å². The van der Waals surface area contributed by atoms with Gasteiger partial charge in [-0.3, -0.25) is 0 Å². The second-order valence-electron chi connectivity index (χ2n) is 0. The van der Waals surface area contributed by atoms with Crippen molar-refractivity contribution in [3.05, 3.63) is 0 Å². The molecule has 0 spiro atoms. The first-order valence-electron chi connectivity index (χ1n) is 0. The molecule has 0 saturated carbocycles. The first-order valence-corrected chi connectivity index (χ1v) is 0. The van der Waals surface area contributed by atoms with Gasteiger partial charge in [-0.1, -0.05) is 0 Å². The molecule has 0 fully saturated rings. The SMILES string of the molecule is [AlH3].[AlH3].[H-].[H-].[Mg+2].[SiH4].[Zn]. The fraction of sp³-hybridized carbons (Fsp3) is 0. The summed E-state index contributed by atoms with van der Waals surface area (Å²) >= 11 is 0. The third kappa shape index (κ3) is 20.4. The van der Waals surface area contributed by atoms with Gasteiger partial charge in [-0.15, -0.1) is 0 Å². The van der Waals surface area contributed by atoms with Crippen molar-refractivity contribution in [3.8, 4) is 0 Å². The van der Waals surface area contributed by atoms with E-state index in [4.69, 9.17) is 0 Å². The minimum absolute atomic E-state index is 0. The molecule has 0 heterocycles. The summed E-state index contributed by atoms with van der Waals surface area (Å²) in [4.78, 5) is 0. The molecule has 0 rings (SSSR count). The molecular formula is H12Al2MgSiZn. The van der Waals surface area contributed by atoms with Gasteiger partial charge in [0.25, 0.3) is 0 Å². The molecule has 0 bridgehead atoms. The zero-order chi connectivity index (χ0) is 0. The molecule has 0 aliphatic rings. The number of rotatable bonds is 0. The van der Waals surface area contributed by atoms with Crippen molar-refractivity contribution in [1.29, 1.82) is 0 Å². The van der Waals surface area contributed by atoms with Crippen molar-refractivity contribution in [2.45, 2.75) is 0 Å². The fourth-order valence-electron chi connectivity index (χ4n) is 0. The van der Waals surface area contributed by atoms with E-state index in [1.807, 2.05) is 0 Å². The van der Waals surface area contributed by atoms with Crippen LogP contribution in [0.3, 0.4) is 0 Å². The van der Waals surface area contributed by atoms with Crippen molar-refractivity contribution in [3.63, 3.8) is 0 Å². The van der Waals surface area contributed by atoms with E-state index >= 15 is 0 Å². The summed E-state index contributed by atoms with van der Waals surface area (Å²) in [6.45, 7) is 0. The summed E-state index contributed by atoms with van der Waals surface area (Å²) in [5, 5.41) is 0. The van der Waals surface area contributed by atoms with Gasteiger partial charge < -0.3 is 2.85 Å². The van der Waals surface area contributed by atoms with Crippen LogP contribution in [0.2, 0.25) is 0 Å². The van der Waals surface area contributed by atoms with Crippen LogP contribution in [0, 0.1) is 0 Å². The Hall–Kier alpha value is 2.67. The van der Waals surface area contributed by atoms with Crippen molar-refractivity contribution < 1.29 is 22.3 Å². The third-order valence-electron chi connectivity index (χ3n) is 0. The monoisotopic (exact) mass is 182 g/mol. The van der Waals surface area contributed by atoms with Gasteiger partial charge in [0.05, 0.1) is 0 Å². The van der Waals surface area contributed by atoms with E-state index in [9.17, 15) is 0 Å². The summed E-state index contributed by atoms with van der Waals surface area (Å²) in [5.41, 5.74) is 0. The molecule has 0 aromatic rings. The Morgan fingerprint density at radius 1 is 1.00 bits per heavy atom. The van der Waals surface area contributed by atoms with Crippen LogP contribution in [0.25, 0.3) is 0 Å². The first-order chi connectivity index (χ1) is 0. The molecule has 0 saturated heterocycles. The van der Waals surface area contributed by atoms with E-state index in [-0.39, 0.29) is 91.1 Å². The molecular weight excluding hydrogens is 172 g/mol. The number of hydrogen-bond acceptors (Lipinski definition) is 0. The standard InChI is InChI=1S/2Al.Mg.H4Si.Zn.8H/h;;;1H4;;;;;;;;;/q;;+2;;;;;;;;;2*-1. The average molecular weight is 184 g/mol. The van der Waals surface area contributed by atoms with E-state index in [2.05, 4.69) is 0 Å². The van der Waals surface area contributed by atoms with E-state index in [1.54, 1.807) is 0 Å². The van der Waals surface area contributed by atoms with Gasteiger partial charge in [0, 0.05) is 19.5 Å². The minimum atomic E-state index is 0. The molecule has 0 aliphatic carbocycles. The molecule has 26 valence electrons. The summed E-state index contributed by atoms with van der Waals surface area (Å²) < 4.78 is 0. The van der Waals surface area contributed by atoms with Gasteiger partial charge in [0.2, 0.25) is 0 Å². The van der Waals surface area contributed by atoms with Crippen LogP contribution in [0.4, 0.5) is 0 Å². The van der Waals surface area contributed by atoms with E-state index in [1.165, 1.54) is 0 Å². The second-order valence-corrected chi connectivity index (χ2v) is 0. The van der Waals surface area contributed by atoms with Crippen LogP contribution in [0.5, 0.6) is 0 Å². The maximum Gasteiger partial charge on any atom is 2.00 e. The Labute approximate surface area is 90.0 Å². The zero-order valence-electron chi connectivity index (χ0n) is 3.41. The predicted molar refractivity (Wildman–Crippen MR) is 39.2 cm³/mol. The maximum absolute atomic E-state index is 0. The van der Waals surface area contributed by atoms with Crippen molar-refractivity contribution in [1.82, 2.24) is 0 Å². The Morgan fingerprint density at radius 2 is 1.00 bits per heavy atom. The van der Waals surface area contributed by atoms with Gasteiger partial charge in [-0.05, 0) is 11.0 Å². The summed E-state index contributed by atoms with van der Waals surface area (Å²) in [5.74, 6) is 0. The topological polar surface area (TPSA) is 0 Å². The third-order valence-corrected chi connectivity index (χ3v) is 0. The number of hydrogen-bond donors (Lipinski definition) is 0. The fourth-order valence-corrected chi connectivity index (χ4v) is 0. The largest absolute Gasteiger partial charge is 2.00 e. The average Bonchev–Trinajstić information content (AvgIpc) is 0. The van der Waals surface area contributed by atoms with Gasteiger partial charge >= 0.3 is 23.1 Å². The van der Waals surface area contributed by atoms with Crippen LogP contribution in [0.1, 0.15) is 2.85 Å². The van der Waals surface area contributed by atoms with Gasteiger partial charge in [0.15, 0.2) is 34.7 Å². The van der Waals surface area contributed by atoms with Gasteiger partial charge in [-0.25, -0.2) is 0 Å². The van der Waals surface area contributed by atoms with Crippen molar-refractivity contribution >= 4 is 68.7 Å². The normalized spacial score (nSPS) is 0. The molecule has 0 N–H and O–H groups in total. The molecule has 5 heavy (non-hydrogen) atoms. The molecule has 0 amide bonds. The molecule has 0 radical (unpaired) electrons. The second kappa shape index (κ2) is 30.1. The van der Waals surface area contributed by atoms with Gasteiger partial charge in [0.1, 0.15) is 0 Å². The quantitative estimate of drug-likeness (QED) is 0.337. The Morgan fingerprint density at radius 3 is 1.00 bits per heavy atom. The summed E-state index contributed by atoms with van der Waals surface area (Å²) in [6, 6.07) is 0. The zero-order valence-corrected chi connectivity index (χ0v) is 5.80. The van der Waals surface area contributed by atoms with Gasteiger partial charge in [-0.2, -0.15) is 0 Å². The molecule has 0 nitrogen and oxygen atoms in total. The predicted octanol–water partition coefficient (Wildman–Crippen LogP) is -3.98. The Balaban J connectivity index is 0. The van der Waals surface area contributed by atoms with E-state index in [0.29, 0.717) is 0 Å². The minimum Gasteiger partial charge on any atom is -1.00 e. The molecule has 0 atom stereocenters. The van der Waals surface area contributed by atoms with E-state index < -0.39 is 0 Å². The molecule has 5 heteroatoms. The van der Waals surface area contributed by atoms with Crippen molar-refractivity contribution in [2.24, 2.45) is 0 Å². The van der Waals surface area contributed by atoms with Crippen LogP contribution in [-0.2, 0) is 19.5 Å². The van der Waals surface area contributed by atoms with Crippen LogP contribution >= 0.6 is 0 Å². The Bertz CT molecular complexity index is 15.7. The van der Waals surface area contributed by atoms with Crippen molar-refractivity contribution in [2.75, 3.05) is 0 Å². The van der Waals surface area contributed by atoms with Crippen LogP contribution in [0.15, 0.2) is 0 Å². The molecule has 0 aromatic carbocycles. The summed E-state index contributed by atoms with van der Waals surface area (Å²) in [7, 11) is 0.